The van der Waals surface area contributed by atoms with Crippen LogP contribution in [0.3, 0.4) is 0 Å². The lowest BCUT2D eigenvalue weighted by Gasteiger charge is -2.23. The summed E-state index contributed by atoms with van der Waals surface area (Å²) in [5.41, 5.74) is 0.124. The molecule has 0 fully saturated rings. The van der Waals surface area contributed by atoms with E-state index in [9.17, 15) is 14.9 Å². The summed E-state index contributed by atoms with van der Waals surface area (Å²) >= 11 is 0. The van der Waals surface area contributed by atoms with Crippen molar-refractivity contribution in [2.24, 2.45) is 0 Å². The van der Waals surface area contributed by atoms with Crippen LogP contribution in [0.1, 0.15) is 31.1 Å². The van der Waals surface area contributed by atoms with Crippen molar-refractivity contribution in [3.8, 4) is 0 Å². The molecule has 0 spiro atoms. The number of nitro benzene ring substituents is 1. The Morgan fingerprint density at radius 3 is 2.62 bits per heavy atom. The molecule has 0 heterocycles. The number of ether oxygens (including phenoxy) is 1. The molecule has 0 aliphatic rings. The quantitative estimate of drug-likeness (QED) is 0.594. The number of anilines is 1. The average Bonchev–Trinajstić information content (AvgIpc) is 2.45. The monoisotopic (exact) mass is 295 g/mol. The lowest BCUT2D eigenvalue weighted by molar-refractivity contribution is -0.384. The maximum atomic E-state index is 11.8. The van der Waals surface area contributed by atoms with Crippen molar-refractivity contribution < 1.29 is 14.5 Å². The molecule has 0 atom stereocenters. The first-order valence-corrected chi connectivity index (χ1v) is 6.66. The van der Waals surface area contributed by atoms with Gasteiger partial charge in [-0.05, 0) is 32.9 Å². The van der Waals surface area contributed by atoms with Crippen LogP contribution in [-0.4, -0.2) is 36.6 Å². The normalized spacial score (nSPS) is 11.0. The summed E-state index contributed by atoms with van der Waals surface area (Å²) < 4.78 is 5.26. The summed E-state index contributed by atoms with van der Waals surface area (Å²) in [6.07, 6.45) is 0. The minimum Gasteiger partial charge on any atom is -0.377 e. The van der Waals surface area contributed by atoms with E-state index in [0.717, 1.165) is 0 Å². The molecule has 0 saturated carbocycles. The van der Waals surface area contributed by atoms with Gasteiger partial charge in [0.1, 0.15) is 5.69 Å². The van der Waals surface area contributed by atoms with Gasteiger partial charge < -0.3 is 15.4 Å². The molecule has 1 amide bonds. The van der Waals surface area contributed by atoms with Crippen molar-refractivity contribution in [2.45, 2.75) is 26.4 Å². The average molecular weight is 295 g/mol. The maximum Gasteiger partial charge on any atom is 0.292 e. The fourth-order valence-corrected chi connectivity index (χ4v) is 1.62. The molecular weight excluding hydrogens is 274 g/mol. The van der Waals surface area contributed by atoms with E-state index < -0.39 is 10.5 Å². The summed E-state index contributed by atoms with van der Waals surface area (Å²) in [5, 5.41) is 16.7. The number of nitro groups is 1. The zero-order chi connectivity index (χ0) is 16.0. The number of carbonyl (C=O) groups is 1. The van der Waals surface area contributed by atoms with Crippen LogP contribution in [0.25, 0.3) is 0 Å². The van der Waals surface area contributed by atoms with E-state index in [-0.39, 0.29) is 11.6 Å². The van der Waals surface area contributed by atoms with Gasteiger partial charge in [-0.2, -0.15) is 0 Å². The van der Waals surface area contributed by atoms with Crippen LogP contribution in [0, 0.1) is 10.1 Å². The van der Waals surface area contributed by atoms with Gasteiger partial charge in [0.25, 0.3) is 11.6 Å². The van der Waals surface area contributed by atoms with E-state index in [1.54, 1.807) is 7.11 Å². The number of rotatable bonds is 7. The van der Waals surface area contributed by atoms with E-state index in [4.69, 9.17) is 4.74 Å². The van der Waals surface area contributed by atoms with E-state index in [1.807, 2.05) is 20.8 Å². The summed E-state index contributed by atoms with van der Waals surface area (Å²) in [4.78, 5) is 22.4. The van der Waals surface area contributed by atoms with Crippen LogP contribution in [0.5, 0.6) is 0 Å². The SMILES string of the molecule is CCNC(=O)c1ccc([N+](=O)[O-])c(NCC(C)(C)OC)c1. The predicted molar refractivity (Wildman–Crippen MR) is 80.7 cm³/mol. The third-order valence-electron chi connectivity index (χ3n) is 3.05. The zero-order valence-corrected chi connectivity index (χ0v) is 12.7. The number of hydrogen-bond acceptors (Lipinski definition) is 5. The molecule has 116 valence electrons. The molecule has 0 bridgehead atoms. The molecule has 7 nitrogen and oxygen atoms in total. The number of amides is 1. The molecule has 0 saturated heterocycles. The van der Waals surface area contributed by atoms with Crippen LogP contribution >= 0.6 is 0 Å². The topological polar surface area (TPSA) is 93.5 Å². The molecule has 1 aromatic rings. The molecule has 7 heteroatoms. The molecule has 0 aromatic heterocycles. The second-order valence-corrected chi connectivity index (χ2v) is 5.17. The summed E-state index contributed by atoms with van der Waals surface area (Å²) in [6, 6.07) is 4.25. The lowest BCUT2D eigenvalue weighted by atomic mass is 10.1. The van der Waals surface area contributed by atoms with Crippen molar-refractivity contribution in [1.29, 1.82) is 0 Å². The van der Waals surface area contributed by atoms with E-state index >= 15 is 0 Å². The van der Waals surface area contributed by atoms with Crippen LogP contribution in [0.4, 0.5) is 11.4 Å². The van der Waals surface area contributed by atoms with Crippen molar-refractivity contribution in [3.63, 3.8) is 0 Å². The van der Waals surface area contributed by atoms with Crippen molar-refractivity contribution in [3.05, 3.63) is 33.9 Å². The van der Waals surface area contributed by atoms with Gasteiger partial charge in [0.2, 0.25) is 0 Å². The Balaban J connectivity index is 3.04. The lowest BCUT2D eigenvalue weighted by Crippen LogP contribution is -2.32. The minimum atomic E-state index is -0.482. The smallest absolute Gasteiger partial charge is 0.292 e. The van der Waals surface area contributed by atoms with Gasteiger partial charge in [0.05, 0.1) is 10.5 Å². The molecule has 0 aliphatic heterocycles. The Kier molecular flexibility index (Phi) is 5.66. The largest absolute Gasteiger partial charge is 0.377 e. The molecule has 2 N–H and O–H groups in total. The second-order valence-electron chi connectivity index (χ2n) is 5.17. The predicted octanol–water partition coefficient (Wildman–Crippen LogP) is 2.18. The van der Waals surface area contributed by atoms with Gasteiger partial charge >= 0.3 is 0 Å². The number of carbonyl (C=O) groups excluding carboxylic acids is 1. The Morgan fingerprint density at radius 2 is 2.10 bits per heavy atom. The van der Waals surface area contributed by atoms with Crippen LogP contribution < -0.4 is 10.6 Å². The first kappa shape index (κ1) is 16.9. The highest BCUT2D eigenvalue weighted by atomic mass is 16.6. The minimum absolute atomic E-state index is 0.0741. The third kappa shape index (κ3) is 4.71. The molecule has 1 aromatic carbocycles. The van der Waals surface area contributed by atoms with Crippen molar-refractivity contribution >= 4 is 17.3 Å². The summed E-state index contributed by atoms with van der Waals surface area (Å²) in [6.45, 7) is 6.40. The first-order valence-electron chi connectivity index (χ1n) is 6.66. The van der Waals surface area contributed by atoms with Crippen molar-refractivity contribution in [1.82, 2.24) is 5.32 Å². The molecule has 0 radical (unpaired) electrons. The number of benzene rings is 1. The van der Waals surface area contributed by atoms with Gasteiger partial charge in [0, 0.05) is 31.8 Å². The third-order valence-corrected chi connectivity index (χ3v) is 3.05. The summed E-state index contributed by atoms with van der Waals surface area (Å²) in [7, 11) is 1.57. The fourth-order valence-electron chi connectivity index (χ4n) is 1.62. The Bertz CT molecular complexity index is 529. The molecule has 1 rings (SSSR count). The molecular formula is C14H21N3O4. The van der Waals surface area contributed by atoms with E-state index in [0.29, 0.717) is 24.3 Å². The van der Waals surface area contributed by atoms with Gasteiger partial charge in [0.15, 0.2) is 0 Å². The Hall–Kier alpha value is -2.15. The summed E-state index contributed by atoms with van der Waals surface area (Å²) in [5.74, 6) is -0.263. The highest BCUT2D eigenvalue weighted by molar-refractivity contribution is 5.95. The zero-order valence-electron chi connectivity index (χ0n) is 12.7. The van der Waals surface area contributed by atoms with E-state index in [2.05, 4.69) is 10.6 Å². The van der Waals surface area contributed by atoms with Gasteiger partial charge in [-0.15, -0.1) is 0 Å². The van der Waals surface area contributed by atoms with Crippen LogP contribution in [0.2, 0.25) is 0 Å². The highest BCUT2D eigenvalue weighted by Crippen LogP contribution is 2.26. The molecule has 0 unspecified atom stereocenters. The van der Waals surface area contributed by atoms with Gasteiger partial charge in [-0.1, -0.05) is 0 Å². The van der Waals surface area contributed by atoms with Gasteiger partial charge in [-0.25, -0.2) is 0 Å². The number of hydrogen-bond donors (Lipinski definition) is 2. The number of nitrogens with one attached hydrogen (secondary N) is 2. The first-order chi connectivity index (χ1) is 9.80. The van der Waals surface area contributed by atoms with Gasteiger partial charge in [-0.3, -0.25) is 14.9 Å². The standard InChI is InChI=1S/C14H21N3O4/c1-5-15-13(18)10-6-7-12(17(19)20)11(8-10)16-9-14(2,3)21-4/h6-8,16H,5,9H2,1-4H3,(H,15,18). The second kappa shape index (κ2) is 7.03. The fraction of sp³-hybridized carbons (Fsp3) is 0.500. The maximum absolute atomic E-state index is 11.8. The Labute approximate surface area is 123 Å². The number of nitrogens with zero attached hydrogens (tertiary/aromatic N) is 1. The Morgan fingerprint density at radius 1 is 1.43 bits per heavy atom. The van der Waals surface area contributed by atoms with Crippen LogP contribution in [-0.2, 0) is 4.74 Å². The van der Waals surface area contributed by atoms with E-state index in [1.165, 1.54) is 18.2 Å². The molecule has 0 aliphatic carbocycles. The number of methoxy groups -OCH3 is 1. The van der Waals surface area contributed by atoms with Crippen molar-refractivity contribution in [2.75, 3.05) is 25.5 Å². The van der Waals surface area contributed by atoms with Crippen LogP contribution in [0.15, 0.2) is 18.2 Å². The molecule has 21 heavy (non-hydrogen) atoms. The highest BCUT2D eigenvalue weighted by Gasteiger charge is 2.21.